The number of nitrogens with zero attached hydrogens (tertiary/aromatic N) is 1. The van der Waals surface area contributed by atoms with Crippen LogP contribution in [0.1, 0.15) is 43.9 Å². The number of hydrogen-bond donors (Lipinski definition) is 0. The number of unbranched alkanes of at least 4 members (excludes halogenated alkanes) is 3. The molecule has 1 aromatic carbocycles. The number of benzene rings is 1. The van der Waals surface area contributed by atoms with E-state index in [9.17, 15) is 0 Å². The van der Waals surface area contributed by atoms with Crippen LogP contribution in [-0.4, -0.2) is 5.16 Å². The third-order valence-electron chi connectivity index (χ3n) is 3.33. The summed E-state index contributed by atoms with van der Waals surface area (Å²) in [4.78, 5) is 0. The van der Waals surface area contributed by atoms with Gasteiger partial charge >= 0.3 is 0 Å². The first kappa shape index (κ1) is 12.9. The Balaban J connectivity index is 2.05. The van der Waals surface area contributed by atoms with Crippen LogP contribution in [0.3, 0.4) is 0 Å². The molecule has 18 heavy (non-hydrogen) atoms. The lowest BCUT2D eigenvalue weighted by atomic mass is 10.0. The lowest BCUT2D eigenvalue weighted by molar-refractivity contribution is 0.379. The summed E-state index contributed by atoms with van der Waals surface area (Å²) in [6.07, 6.45) is 6.05. The zero-order chi connectivity index (χ0) is 12.8. The van der Waals surface area contributed by atoms with Gasteiger partial charge in [0.25, 0.3) is 0 Å². The first-order valence-corrected chi connectivity index (χ1v) is 6.83. The Morgan fingerprint density at radius 2 is 1.83 bits per heavy atom. The summed E-state index contributed by atoms with van der Waals surface area (Å²) in [5, 5.41) is 4.21. The summed E-state index contributed by atoms with van der Waals surface area (Å²) in [6, 6.07) is 10.2. The van der Waals surface area contributed by atoms with E-state index in [0.717, 1.165) is 23.4 Å². The molecule has 0 atom stereocenters. The van der Waals surface area contributed by atoms with E-state index in [2.05, 4.69) is 31.1 Å². The summed E-state index contributed by atoms with van der Waals surface area (Å²) in [7, 11) is 0. The van der Waals surface area contributed by atoms with Crippen LogP contribution in [0.4, 0.5) is 0 Å². The molecule has 0 amide bonds. The molecule has 0 aliphatic carbocycles. The lowest BCUT2D eigenvalue weighted by Gasteiger charge is -1.99. The van der Waals surface area contributed by atoms with Gasteiger partial charge in [-0.2, -0.15) is 0 Å². The highest BCUT2D eigenvalue weighted by Crippen LogP contribution is 2.25. The Hall–Kier alpha value is -1.57. The average molecular weight is 243 g/mol. The quantitative estimate of drug-likeness (QED) is 0.683. The van der Waals surface area contributed by atoms with Crippen molar-refractivity contribution in [2.75, 3.05) is 0 Å². The zero-order valence-corrected chi connectivity index (χ0v) is 11.3. The minimum absolute atomic E-state index is 0.987. The summed E-state index contributed by atoms with van der Waals surface area (Å²) in [5.41, 5.74) is 3.32. The van der Waals surface area contributed by atoms with Crippen molar-refractivity contribution in [3.63, 3.8) is 0 Å². The Morgan fingerprint density at radius 1 is 1.06 bits per heavy atom. The molecule has 0 saturated heterocycles. The summed E-state index contributed by atoms with van der Waals surface area (Å²) in [5.74, 6) is 1.05. The molecule has 1 aromatic heterocycles. The van der Waals surface area contributed by atoms with Crippen LogP contribution in [0.2, 0.25) is 0 Å². The summed E-state index contributed by atoms with van der Waals surface area (Å²) >= 11 is 0. The van der Waals surface area contributed by atoms with Gasteiger partial charge in [-0.25, -0.2) is 0 Å². The third kappa shape index (κ3) is 3.00. The second-order valence-corrected chi connectivity index (χ2v) is 4.76. The van der Waals surface area contributed by atoms with Gasteiger partial charge in [-0.3, -0.25) is 0 Å². The number of rotatable bonds is 6. The molecule has 0 N–H and O–H groups in total. The van der Waals surface area contributed by atoms with E-state index >= 15 is 0 Å². The van der Waals surface area contributed by atoms with Crippen molar-refractivity contribution < 1.29 is 4.52 Å². The van der Waals surface area contributed by atoms with Crippen LogP contribution in [0, 0.1) is 6.92 Å². The van der Waals surface area contributed by atoms with Crippen LogP contribution < -0.4 is 0 Å². The van der Waals surface area contributed by atoms with Crippen molar-refractivity contribution in [3.05, 3.63) is 41.7 Å². The highest BCUT2D eigenvalue weighted by Gasteiger charge is 2.12. The van der Waals surface area contributed by atoms with Crippen LogP contribution in [-0.2, 0) is 6.42 Å². The fourth-order valence-corrected chi connectivity index (χ4v) is 2.18. The Bertz CT molecular complexity index is 473. The van der Waals surface area contributed by atoms with Crippen LogP contribution in [0.5, 0.6) is 0 Å². The minimum atomic E-state index is 0.987. The van der Waals surface area contributed by atoms with Gasteiger partial charge < -0.3 is 4.52 Å². The average Bonchev–Trinajstić information content (AvgIpc) is 2.77. The molecule has 0 aliphatic heterocycles. The van der Waals surface area contributed by atoms with E-state index in [1.165, 1.54) is 31.2 Å². The predicted octanol–water partition coefficient (Wildman–Crippen LogP) is 4.77. The molecule has 2 nitrogen and oxygen atoms in total. The van der Waals surface area contributed by atoms with E-state index < -0.39 is 0 Å². The van der Waals surface area contributed by atoms with E-state index in [0.29, 0.717) is 0 Å². The molecule has 2 heteroatoms. The molecule has 0 saturated carbocycles. The maximum absolute atomic E-state index is 5.48. The minimum Gasteiger partial charge on any atom is -0.360 e. The molecule has 0 spiro atoms. The zero-order valence-electron chi connectivity index (χ0n) is 11.3. The van der Waals surface area contributed by atoms with Gasteiger partial charge in [-0.15, -0.1) is 0 Å². The molecule has 0 unspecified atom stereocenters. The number of aryl methyl sites for hydroxylation is 1. The smallest absolute Gasteiger partial charge is 0.140 e. The van der Waals surface area contributed by atoms with Crippen molar-refractivity contribution >= 4 is 0 Å². The SMILES string of the molecule is CCCCCCc1onc(-c2ccccc2)c1C. The highest BCUT2D eigenvalue weighted by molar-refractivity contribution is 5.62. The van der Waals surface area contributed by atoms with Crippen molar-refractivity contribution in [2.24, 2.45) is 0 Å². The second kappa shape index (κ2) is 6.39. The second-order valence-electron chi connectivity index (χ2n) is 4.76. The Kier molecular flexibility index (Phi) is 4.57. The van der Waals surface area contributed by atoms with Gasteiger partial charge in [0.1, 0.15) is 11.5 Å². The summed E-state index contributed by atoms with van der Waals surface area (Å²) < 4.78 is 5.48. The molecule has 0 bridgehead atoms. The van der Waals surface area contributed by atoms with Gasteiger partial charge in [0, 0.05) is 17.5 Å². The fourth-order valence-electron chi connectivity index (χ4n) is 2.18. The first-order chi connectivity index (χ1) is 8.83. The lowest BCUT2D eigenvalue weighted by Crippen LogP contribution is -1.87. The van der Waals surface area contributed by atoms with Crippen LogP contribution in [0.15, 0.2) is 34.9 Å². The molecule has 1 heterocycles. The Labute approximate surface area is 109 Å². The monoisotopic (exact) mass is 243 g/mol. The van der Waals surface area contributed by atoms with E-state index in [-0.39, 0.29) is 0 Å². The third-order valence-corrected chi connectivity index (χ3v) is 3.33. The molecule has 0 fully saturated rings. The van der Waals surface area contributed by atoms with Gasteiger partial charge in [0.2, 0.25) is 0 Å². The highest BCUT2D eigenvalue weighted by atomic mass is 16.5. The van der Waals surface area contributed by atoms with Crippen molar-refractivity contribution in [1.29, 1.82) is 0 Å². The van der Waals surface area contributed by atoms with Crippen LogP contribution in [0.25, 0.3) is 11.3 Å². The predicted molar refractivity (Wildman–Crippen MR) is 74.5 cm³/mol. The van der Waals surface area contributed by atoms with E-state index in [1.54, 1.807) is 0 Å². The maximum atomic E-state index is 5.48. The summed E-state index contributed by atoms with van der Waals surface area (Å²) in [6.45, 7) is 4.33. The Morgan fingerprint density at radius 3 is 2.56 bits per heavy atom. The molecule has 0 radical (unpaired) electrons. The molecule has 96 valence electrons. The van der Waals surface area contributed by atoms with Crippen LogP contribution >= 0.6 is 0 Å². The standard InChI is InChI=1S/C16H21NO/c1-3-4-5-9-12-15-13(2)16(17-18-15)14-10-7-6-8-11-14/h6-8,10-11H,3-5,9,12H2,1-2H3. The van der Waals surface area contributed by atoms with E-state index in [4.69, 9.17) is 4.52 Å². The normalized spacial score (nSPS) is 10.8. The largest absolute Gasteiger partial charge is 0.360 e. The number of hydrogen-bond acceptors (Lipinski definition) is 2. The van der Waals surface area contributed by atoms with E-state index in [1.807, 2.05) is 18.2 Å². The van der Waals surface area contributed by atoms with Gasteiger partial charge in [-0.1, -0.05) is 61.7 Å². The molecular formula is C16H21NO. The molecule has 2 rings (SSSR count). The fraction of sp³-hybridized carbons (Fsp3) is 0.438. The van der Waals surface area contributed by atoms with Gasteiger partial charge in [0.15, 0.2) is 0 Å². The van der Waals surface area contributed by atoms with Crippen molar-refractivity contribution in [3.8, 4) is 11.3 Å². The first-order valence-electron chi connectivity index (χ1n) is 6.83. The van der Waals surface area contributed by atoms with Crippen molar-refractivity contribution in [1.82, 2.24) is 5.16 Å². The van der Waals surface area contributed by atoms with Gasteiger partial charge in [-0.05, 0) is 13.3 Å². The van der Waals surface area contributed by atoms with Crippen molar-refractivity contribution in [2.45, 2.75) is 46.0 Å². The topological polar surface area (TPSA) is 26.0 Å². The van der Waals surface area contributed by atoms with Gasteiger partial charge in [0.05, 0.1) is 0 Å². The molecule has 0 aliphatic rings. The number of aromatic nitrogens is 1. The maximum Gasteiger partial charge on any atom is 0.140 e. The molecule has 2 aromatic rings. The molecular weight excluding hydrogens is 222 g/mol.